The first kappa shape index (κ1) is 19.4. The van der Waals surface area contributed by atoms with Gasteiger partial charge in [-0.15, -0.1) is 0 Å². The lowest BCUT2D eigenvalue weighted by molar-refractivity contribution is 0.102. The molecule has 27 heavy (non-hydrogen) atoms. The first-order valence-electron chi connectivity index (χ1n) is 7.74. The molecule has 0 bridgehead atoms. The van der Waals surface area contributed by atoms with Crippen LogP contribution in [0, 0.1) is 0 Å². The van der Waals surface area contributed by atoms with Gasteiger partial charge in [0.25, 0.3) is 5.91 Å². The van der Waals surface area contributed by atoms with Crippen LogP contribution in [-0.2, 0) is 16.6 Å². The second-order valence-corrected chi connectivity index (χ2v) is 8.09. The van der Waals surface area contributed by atoms with Crippen molar-refractivity contribution >= 4 is 44.8 Å². The lowest BCUT2D eigenvalue weighted by atomic mass is 10.2. The van der Waals surface area contributed by atoms with Gasteiger partial charge < -0.3 is 9.73 Å². The van der Waals surface area contributed by atoms with Crippen molar-refractivity contribution in [2.45, 2.75) is 11.4 Å². The van der Waals surface area contributed by atoms with Crippen molar-refractivity contribution in [1.29, 1.82) is 0 Å². The van der Waals surface area contributed by atoms with E-state index >= 15 is 0 Å². The Balaban J connectivity index is 1.67. The molecule has 0 fully saturated rings. The molecule has 3 rings (SSSR count). The van der Waals surface area contributed by atoms with Crippen molar-refractivity contribution in [3.63, 3.8) is 0 Å². The Kier molecular flexibility index (Phi) is 5.86. The zero-order valence-corrected chi connectivity index (χ0v) is 16.1. The van der Waals surface area contributed by atoms with Gasteiger partial charge >= 0.3 is 0 Å². The van der Waals surface area contributed by atoms with Crippen LogP contribution in [0.25, 0.3) is 0 Å². The van der Waals surface area contributed by atoms with Crippen molar-refractivity contribution in [3.05, 3.63) is 82.2 Å². The maximum atomic E-state index is 12.3. The number of rotatable bonds is 6. The molecule has 3 aromatic rings. The van der Waals surface area contributed by atoms with E-state index in [9.17, 15) is 13.2 Å². The predicted octanol–water partition coefficient (Wildman–Crippen LogP) is 4.32. The van der Waals surface area contributed by atoms with Crippen LogP contribution >= 0.6 is 23.2 Å². The molecule has 140 valence electrons. The number of furan rings is 1. The average molecular weight is 425 g/mol. The highest BCUT2D eigenvalue weighted by molar-refractivity contribution is 7.89. The van der Waals surface area contributed by atoms with Gasteiger partial charge in [0.15, 0.2) is 0 Å². The molecule has 0 unspecified atom stereocenters. The molecule has 0 radical (unpaired) electrons. The average Bonchev–Trinajstić information content (AvgIpc) is 3.16. The number of carbonyl (C=O) groups excluding carboxylic acids is 1. The summed E-state index contributed by atoms with van der Waals surface area (Å²) in [6.45, 7) is 0.0468. The van der Waals surface area contributed by atoms with E-state index in [1.807, 2.05) is 0 Å². The fraction of sp³-hybridized carbons (Fsp3) is 0.0556. The number of halogens is 2. The molecule has 1 aromatic heterocycles. The number of anilines is 1. The lowest BCUT2D eigenvalue weighted by Gasteiger charge is -2.08. The molecule has 0 aliphatic rings. The Morgan fingerprint density at radius 3 is 2.37 bits per heavy atom. The molecule has 9 heteroatoms. The van der Waals surface area contributed by atoms with E-state index in [1.165, 1.54) is 42.7 Å². The van der Waals surface area contributed by atoms with Gasteiger partial charge in [-0.25, -0.2) is 13.1 Å². The topological polar surface area (TPSA) is 88.4 Å². The molecule has 2 N–H and O–H groups in total. The van der Waals surface area contributed by atoms with Crippen molar-refractivity contribution in [2.75, 3.05) is 5.32 Å². The summed E-state index contributed by atoms with van der Waals surface area (Å²) < 4.78 is 32.1. The Morgan fingerprint density at radius 2 is 1.74 bits per heavy atom. The van der Waals surface area contributed by atoms with Gasteiger partial charge in [-0.2, -0.15) is 0 Å². The van der Waals surface area contributed by atoms with Gasteiger partial charge in [-0.1, -0.05) is 23.2 Å². The number of hydrogen-bond acceptors (Lipinski definition) is 4. The van der Waals surface area contributed by atoms with E-state index in [-0.39, 0.29) is 22.4 Å². The van der Waals surface area contributed by atoms with Crippen molar-refractivity contribution < 1.29 is 17.6 Å². The summed E-state index contributed by atoms with van der Waals surface area (Å²) in [5.41, 5.74) is 0.775. The van der Waals surface area contributed by atoms with Gasteiger partial charge in [0.2, 0.25) is 10.0 Å². The first-order valence-corrected chi connectivity index (χ1v) is 9.97. The van der Waals surface area contributed by atoms with Crippen LogP contribution in [-0.4, -0.2) is 14.3 Å². The summed E-state index contributed by atoms with van der Waals surface area (Å²) in [4.78, 5) is 12.3. The first-order chi connectivity index (χ1) is 12.8. The molecule has 0 saturated carbocycles. The Bertz CT molecular complexity index is 1050. The molecule has 1 heterocycles. The fourth-order valence-electron chi connectivity index (χ4n) is 2.22. The quantitative estimate of drug-likeness (QED) is 0.616. The largest absolute Gasteiger partial charge is 0.468 e. The highest BCUT2D eigenvalue weighted by atomic mass is 35.5. The molecule has 0 aliphatic heterocycles. The molecule has 2 aromatic carbocycles. The van der Waals surface area contributed by atoms with Gasteiger partial charge in [0.05, 0.1) is 27.7 Å². The van der Waals surface area contributed by atoms with Gasteiger partial charge in [-0.3, -0.25) is 4.79 Å². The van der Waals surface area contributed by atoms with Crippen LogP contribution in [0.5, 0.6) is 0 Å². The third kappa shape index (κ3) is 4.90. The van der Waals surface area contributed by atoms with Crippen LogP contribution < -0.4 is 10.0 Å². The van der Waals surface area contributed by atoms with Crippen LogP contribution in [0.15, 0.2) is 70.2 Å². The number of hydrogen-bond donors (Lipinski definition) is 2. The molecule has 1 amide bonds. The molecule has 0 aliphatic carbocycles. The summed E-state index contributed by atoms with van der Waals surface area (Å²) in [6.07, 6.45) is 1.47. The van der Waals surface area contributed by atoms with E-state index in [1.54, 1.807) is 18.2 Å². The van der Waals surface area contributed by atoms with E-state index in [2.05, 4.69) is 10.0 Å². The third-order valence-electron chi connectivity index (χ3n) is 3.62. The highest BCUT2D eigenvalue weighted by Crippen LogP contribution is 2.23. The maximum absolute atomic E-state index is 12.3. The molecule has 0 spiro atoms. The number of benzene rings is 2. The Labute approximate surface area is 166 Å². The number of sulfonamides is 1. The Hall–Kier alpha value is -2.32. The van der Waals surface area contributed by atoms with Crippen LogP contribution in [0.3, 0.4) is 0 Å². The summed E-state index contributed by atoms with van der Waals surface area (Å²) in [6, 6.07) is 13.7. The molecule has 6 nitrogen and oxygen atoms in total. The molecule has 0 saturated heterocycles. The second kappa shape index (κ2) is 8.14. The van der Waals surface area contributed by atoms with Crippen LogP contribution in [0.1, 0.15) is 16.1 Å². The second-order valence-electron chi connectivity index (χ2n) is 5.51. The van der Waals surface area contributed by atoms with Crippen molar-refractivity contribution in [1.82, 2.24) is 4.72 Å². The Morgan fingerprint density at radius 1 is 1.00 bits per heavy atom. The molecular formula is C18H14Cl2N2O4S. The summed E-state index contributed by atoms with van der Waals surface area (Å²) in [5, 5.41) is 3.29. The zero-order valence-electron chi connectivity index (χ0n) is 13.8. The third-order valence-corrected chi connectivity index (χ3v) is 5.78. The van der Waals surface area contributed by atoms with E-state index < -0.39 is 10.0 Å². The lowest BCUT2D eigenvalue weighted by Crippen LogP contribution is -2.23. The molecule has 0 atom stereocenters. The predicted molar refractivity (Wildman–Crippen MR) is 104 cm³/mol. The van der Waals surface area contributed by atoms with Gasteiger partial charge in [-0.05, 0) is 54.6 Å². The molecular weight excluding hydrogens is 411 g/mol. The normalized spacial score (nSPS) is 11.3. The highest BCUT2D eigenvalue weighted by Gasteiger charge is 2.15. The number of amides is 1. The summed E-state index contributed by atoms with van der Waals surface area (Å²) in [7, 11) is -3.70. The fourth-order valence-corrected chi connectivity index (χ4v) is 3.51. The minimum atomic E-state index is -3.70. The standard InChI is InChI=1S/C18H14Cl2N2O4S/c19-16-8-3-12(10-17(16)20)18(23)22-13-4-6-15(7-5-13)27(24,25)21-11-14-2-1-9-26-14/h1-10,21H,11H2,(H,22,23). The smallest absolute Gasteiger partial charge is 0.255 e. The van der Waals surface area contributed by atoms with Crippen LogP contribution in [0.4, 0.5) is 5.69 Å². The number of carbonyl (C=O) groups is 1. The summed E-state index contributed by atoms with van der Waals surface area (Å²) >= 11 is 11.7. The summed E-state index contributed by atoms with van der Waals surface area (Å²) in [5.74, 6) is 0.115. The minimum absolute atomic E-state index is 0.0468. The van der Waals surface area contributed by atoms with E-state index in [0.29, 0.717) is 22.0 Å². The van der Waals surface area contributed by atoms with E-state index in [4.69, 9.17) is 27.6 Å². The zero-order chi connectivity index (χ0) is 19.4. The maximum Gasteiger partial charge on any atom is 0.255 e. The van der Waals surface area contributed by atoms with Crippen molar-refractivity contribution in [3.8, 4) is 0 Å². The minimum Gasteiger partial charge on any atom is -0.468 e. The van der Waals surface area contributed by atoms with E-state index in [0.717, 1.165) is 0 Å². The van der Waals surface area contributed by atoms with Crippen LogP contribution in [0.2, 0.25) is 10.0 Å². The van der Waals surface area contributed by atoms with Crippen molar-refractivity contribution in [2.24, 2.45) is 0 Å². The van der Waals surface area contributed by atoms with Gasteiger partial charge in [0, 0.05) is 11.3 Å². The number of nitrogens with one attached hydrogen (secondary N) is 2. The SMILES string of the molecule is O=C(Nc1ccc(S(=O)(=O)NCc2ccco2)cc1)c1ccc(Cl)c(Cl)c1. The monoisotopic (exact) mass is 424 g/mol. The van der Waals surface area contributed by atoms with Gasteiger partial charge in [0.1, 0.15) is 5.76 Å².